The second kappa shape index (κ2) is 11.7. The monoisotopic (exact) mass is 589 g/mol. The molecule has 1 saturated heterocycles. The first-order valence-electron chi connectivity index (χ1n) is 10.8. The normalized spacial score (nSPS) is 19.0. The fourth-order valence-corrected chi connectivity index (χ4v) is 5.03. The Kier molecular flexibility index (Phi) is 9.55. The molecule has 2 aliphatic heterocycles. The number of aromatic nitrogens is 1. The van der Waals surface area contributed by atoms with Gasteiger partial charge in [0.25, 0.3) is 0 Å². The second-order valence-electron chi connectivity index (χ2n) is 8.62. The number of sulfonamides is 1. The maximum absolute atomic E-state index is 13.4. The SMILES string of the molecule is CS(=O)(=O)N1CC2(CCN(Cc3cccc(F)c3)C2)c2ncccc21.O=C(O)C(F)(F)F.O=C(O)C(F)(F)F. The summed E-state index contributed by atoms with van der Waals surface area (Å²) >= 11 is 0. The van der Waals surface area contributed by atoms with Crippen molar-refractivity contribution in [1.82, 2.24) is 9.88 Å². The number of halogens is 7. The van der Waals surface area contributed by atoms with Crippen molar-refractivity contribution in [3.8, 4) is 0 Å². The fraction of sp³-hybridized carbons (Fsp3) is 0.409. The quantitative estimate of drug-likeness (QED) is 0.522. The lowest BCUT2D eigenvalue weighted by Gasteiger charge is -2.25. The van der Waals surface area contributed by atoms with Gasteiger partial charge in [0, 0.05) is 31.2 Å². The fourth-order valence-electron chi connectivity index (χ4n) is 4.05. The highest BCUT2D eigenvalue weighted by molar-refractivity contribution is 7.92. The molecule has 1 aromatic carbocycles. The summed E-state index contributed by atoms with van der Waals surface area (Å²) in [5.74, 6) is -5.75. The first-order chi connectivity index (χ1) is 17.8. The van der Waals surface area contributed by atoms with Crippen molar-refractivity contribution in [2.45, 2.75) is 30.7 Å². The first kappa shape index (κ1) is 31.7. The Bertz CT molecular complexity index is 1280. The van der Waals surface area contributed by atoms with E-state index < -0.39 is 34.3 Å². The maximum Gasteiger partial charge on any atom is 0.490 e. The molecule has 2 N–H and O–H groups in total. The number of rotatable bonds is 3. The average molecular weight is 589 g/mol. The van der Waals surface area contributed by atoms with Crippen molar-refractivity contribution in [3.63, 3.8) is 0 Å². The number of aliphatic carboxylic acids is 2. The van der Waals surface area contributed by atoms with E-state index in [0.29, 0.717) is 18.8 Å². The van der Waals surface area contributed by atoms with Gasteiger partial charge in [-0.2, -0.15) is 26.3 Å². The Morgan fingerprint density at radius 2 is 1.56 bits per heavy atom. The van der Waals surface area contributed by atoms with Crippen LogP contribution in [-0.2, 0) is 31.6 Å². The largest absolute Gasteiger partial charge is 0.490 e. The molecule has 1 aromatic heterocycles. The molecule has 0 saturated carbocycles. The van der Waals surface area contributed by atoms with E-state index in [1.807, 2.05) is 12.1 Å². The van der Waals surface area contributed by atoms with E-state index in [1.54, 1.807) is 24.4 Å². The van der Waals surface area contributed by atoms with Crippen LogP contribution in [0.2, 0.25) is 0 Å². The van der Waals surface area contributed by atoms with E-state index in [1.165, 1.54) is 16.6 Å². The van der Waals surface area contributed by atoms with E-state index in [0.717, 1.165) is 30.8 Å². The van der Waals surface area contributed by atoms with Crippen LogP contribution in [0.15, 0.2) is 42.6 Å². The minimum Gasteiger partial charge on any atom is -0.475 e. The van der Waals surface area contributed by atoms with Gasteiger partial charge < -0.3 is 10.2 Å². The molecule has 9 nitrogen and oxygen atoms in total. The van der Waals surface area contributed by atoms with Crippen molar-refractivity contribution in [1.29, 1.82) is 0 Å². The molecule has 0 amide bonds. The number of carboxylic acids is 2. The number of benzene rings is 1. The summed E-state index contributed by atoms with van der Waals surface area (Å²) in [5, 5.41) is 14.2. The van der Waals surface area contributed by atoms with Gasteiger partial charge >= 0.3 is 24.3 Å². The number of carboxylic acid groups (broad SMARTS) is 2. The molecule has 1 spiro atoms. The number of pyridine rings is 1. The molecule has 1 atom stereocenters. The Labute approximate surface area is 217 Å². The summed E-state index contributed by atoms with van der Waals surface area (Å²) in [6, 6.07) is 10.2. The second-order valence-corrected chi connectivity index (χ2v) is 10.5. The molecule has 0 radical (unpaired) electrons. The van der Waals surface area contributed by atoms with Gasteiger partial charge in [-0.1, -0.05) is 12.1 Å². The summed E-state index contributed by atoms with van der Waals surface area (Å²) in [5.41, 5.74) is 2.20. The van der Waals surface area contributed by atoms with Crippen LogP contribution in [0.25, 0.3) is 0 Å². The van der Waals surface area contributed by atoms with Crippen LogP contribution in [0.1, 0.15) is 17.7 Å². The summed E-state index contributed by atoms with van der Waals surface area (Å²) in [4.78, 5) is 24.6. The van der Waals surface area contributed by atoms with Crippen molar-refractivity contribution < 1.29 is 59.0 Å². The van der Waals surface area contributed by atoms with Crippen LogP contribution in [0.5, 0.6) is 0 Å². The van der Waals surface area contributed by atoms with Gasteiger partial charge in [-0.25, -0.2) is 22.4 Å². The molecule has 3 heterocycles. The van der Waals surface area contributed by atoms with E-state index in [9.17, 15) is 39.2 Å². The molecule has 0 aliphatic carbocycles. The lowest BCUT2D eigenvalue weighted by molar-refractivity contribution is -0.193. The number of likely N-dealkylation sites (tertiary alicyclic amines) is 1. The summed E-state index contributed by atoms with van der Waals surface area (Å²) in [6.45, 7) is 2.64. The zero-order valence-electron chi connectivity index (χ0n) is 20.0. The predicted molar refractivity (Wildman–Crippen MR) is 122 cm³/mol. The van der Waals surface area contributed by atoms with Crippen LogP contribution < -0.4 is 4.31 Å². The Balaban J connectivity index is 0.000000317. The predicted octanol–water partition coefficient (Wildman–Crippen LogP) is 3.41. The first-order valence-corrected chi connectivity index (χ1v) is 12.6. The van der Waals surface area contributed by atoms with Crippen LogP contribution in [0.3, 0.4) is 0 Å². The molecule has 2 aliphatic rings. The number of anilines is 1. The Morgan fingerprint density at radius 1 is 1.00 bits per heavy atom. The molecule has 17 heteroatoms. The molecule has 216 valence electrons. The van der Waals surface area contributed by atoms with Gasteiger partial charge in [-0.15, -0.1) is 0 Å². The Morgan fingerprint density at radius 3 is 2.05 bits per heavy atom. The molecule has 39 heavy (non-hydrogen) atoms. The van der Waals surface area contributed by atoms with Gasteiger partial charge in [0.05, 0.1) is 17.6 Å². The highest BCUT2D eigenvalue weighted by Crippen LogP contribution is 2.46. The van der Waals surface area contributed by atoms with E-state index in [4.69, 9.17) is 19.8 Å². The van der Waals surface area contributed by atoms with Crippen LogP contribution >= 0.6 is 0 Å². The van der Waals surface area contributed by atoms with Crippen LogP contribution in [0.4, 0.5) is 36.4 Å². The maximum atomic E-state index is 13.4. The van der Waals surface area contributed by atoms with Gasteiger partial charge in [0.1, 0.15) is 5.82 Å². The molecule has 4 rings (SSSR count). The van der Waals surface area contributed by atoms with Crippen molar-refractivity contribution in [3.05, 3.63) is 59.7 Å². The minimum absolute atomic E-state index is 0.234. The topological polar surface area (TPSA) is 128 Å². The number of hydrogen-bond donors (Lipinski definition) is 2. The molecule has 2 aromatic rings. The van der Waals surface area contributed by atoms with Gasteiger partial charge in [0.15, 0.2) is 0 Å². The van der Waals surface area contributed by atoms with Crippen molar-refractivity contribution >= 4 is 27.6 Å². The number of carbonyl (C=O) groups is 2. The van der Waals surface area contributed by atoms with Gasteiger partial charge in [-0.3, -0.25) is 14.2 Å². The van der Waals surface area contributed by atoms with E-state index >= 15 is 0 Å². The highest BCUT2D eigenvalue weighted by atomic mass is 32.2. The van der Waals surface area contributed by atoms with Crippen LogP contribution in [0, 0.1) is 5.82 Å². The zero-order chi connectivity index (χ0) is 29.8. The summed E-state index contributed by atoms with van der Waals surface area (Å²) in [6.07, 6.45) is -6.36. The third kappa shape index (κ3) is 8.51. The number of hydrogen-bond acceptors (Lipinski definition) is 6. The lowest BCUT2D eigenvalue weighted by Crippen LogP contribution is -2.38. The van der Waals surface area contributed by atoms with Crippen LogP contribution in [-0.4, -0.2) is 78.7 Å². The number of nitrogens with zero attached hydrogens (tertiary/aromatic N) is 3. The molecule has 1 unspecified atom stereocenters. The van der Waals surface area contributed by atoms with Crippen molar-refractivity contribution in [2.75, 3.05) is 30.2 Å². The zero-order valence-corrected chi connectivity index (χ0v) is 20.8. The summed E-state index contributed by atoms with van der Waals surface area (Å²) in [7, 11) is -3.34. The highest BCUT2D eigenvalue weighted by Gasteiger charge is 2.50. The minimum atomic E-state index is -5.08. The number of fused-ring (bicyclic) bond motifs is 2. The smallest absolute Gasteiger partial charge is 0.475 e. The van der Waals surface area contributed by atoms with Gasteiger partial charge in [-0.05, 0) is 42.8 Å². The van der Waals surface area contributed by atoms with E-state index in [-0.39, 0.29) is 11.2 Å². The third-order valence-corrected chi connectivity index (χ3v) is 6.74. The molecular weight excluding hydrogens is 567 g/mol. The number of alkyl halides is 6. The third-order valence-electron chi connectivity index (χ3n) is 5.62. The standard InChI is InChI=1S/C18H20FN3O2S.2C2HF3O2/c1-25(23,24)22-13-18(17-16(22)6-3-8-20-17)7-9-21(12-18)11-14-4-2-5-15(19)10-14;2*3-2(4,5)1(6)7/h2-6,8,10H,7,9,11-13H2,1H3;2*(H,6,7). The average Bonchev–Trinajstić information content (AvgIpc) is 3.35. The lowest BCUT2D eigenvalue weighted by atomic mass is 9.85. The molecule has 1 fully saturated rings. The van der Waals surface area contributed by atoms with E-state index in [2.05, 4.69) is 9.88 Å². The molecular formula is C22H22F7N3O6S. The Hall–Kier alpha value is -3.47. The molecule has 0 bridgehead atoms. The summed E-state index contributed by atoms with van der Waals surface area (Å²) < 4.78 is 103. The van der Waals surface area contributed by atoms with Gasteiger partial charge in [0.2, 0.25) is 10.0 Å². The van der Waals surface area contributed by atoms with Crippen molar-refractivity contribution in [2.24, 2.45) is 0 Å².